The first kappa shape index (κ1) is 13.5. The van der Waals surface area contributed by atoms with Crippen LogP contribution < -0.4 is 11.3 Å². The molecule has 2 aromatic carbocycles. The molecule has 106 valence electrons. The van der Waals surface area contributed by atoms with Gasteiger partial charge in [-0.2, -0.15) is 0 Å². The highest BCUT2D eigenvalue weighted by atomic mass is 19.1. The van der Waals surface area contributed by atoms with E-state index in [-0.39, 0.29) is 16.2 Å². The second-order valence-electron chi connectivity index (χ2n) is 5.24. The molecular formula is C17H13FO3. The van der Waals surface area contributed by atoms with Crippen LogP contribution in [-0.4, -0.2) is 0 Å². The number of rotatable bonds is 0. The van der Waals surface area contributed by atoms with Gasteiger partial charge in [0.1, 0.15) is 5.82 Å². The average Bonchev–Trinajstić information content (AvgIpc) is 2.54. The molecule has 0 aliphatic rings. The Bertz CT molecular complexity index is 935. The van der Waals surface area contributed by atoms with Gasteiger partial charge in [0.15, 0.2) is 0 Å². The lowest BCUT2D eigenvalue weighted by Crippen LogP contribution is -2.06. The zero-order valence-corrected chi connectivity index (χ0v) is 11.9. The van der Waals surface area contributed by atoms with Crippen LogP contribution >= 0.6 is 0 Å². The van der Waals surface area contributed by atoms with Crippen molar-refractivity contribution in [2.24, 2.45) is 0 Å². The molecule has 0 radical (unpaired) electrons. The Balaban J connectivity index is 2.93. The predicted octanol–water partition coefficient (Wildman–Crippen LogP) is 3.37. The normalized spacial score (nSPS) is 11.2. The Labute approximate surface area is 119 Å². The summed E-state index contributed by atoms with van der Waals surface area (Å²) >= 11 is 0. The van der Waals surface area contributed by atoms with Crippen molar-refractivity contribution in [3.05, 3.63) is 67.6 Å². The number of benzene rings is 2. The lowest BCUT2D eigenvalue weighted by atomic mass is 9.97. The largest absolute Gasteiger partial charge is 0.386 e. The minimum Gasteiger partial charge on any atom is -0.386 e. The summed E-state index contributed by atoms with van der Waals surface area (Å²) in [4.78, 5) is 24.4. The Hall–Kier alpha value is -2.49. The molecule has 4 heteroatoms. The Kier molecular flexibility index (Phi) is 2.90. The fraction of sp³-hybridized carbons (Fsp3) is 0.176. The number of hydrogen-bond acceptors (Lipinski definition) is 3. The van der Waals surface area contributed by atoms with E-state index in [9.17, 15) is 14.0 Å². The summed E-state index contributed by atoms with van der Waals surface area (Å²) < 4.78 is 19.3. The maximum absolute atomic E-state index is 14.4. The Morgan fingerprint density at radius 2 is 1.14 bits per heavy atom. The predicted molar refractivity (Wildman–Crippen MR) is 80.4 cm³/mol. The van der Waals surface area contributed by atoms with Crippen LogP contribution in [0.4, 0.5) is 4.39 Å². The molecule has 0 saturated heterocycles. The van der Waals surface area contributed by atoms with E-state index in [0.717, 1.165) is 5.56 Å². The molecule has 0 fully saturated rings. The van der Waals surface area contributed by atoms with E-state index >= 15 is 0 Å². The molecule has 0 amide bonds. The average molecular weight is 284 g/mol. The third-order valence-corrected chi connectivity index (χ3v) is 3.83. The number of hydrogen-bond donors (Lipinski definition) is 0. The highest BCUT2D eigenvalue weighted by Gasteiger charge is 2.16. The second-order valence-corrected chi connectivity index (χ2v) is 5.24. The van der Waals surface area contributed by atoms with Gasteiger partial charge >= 0.3 is 11.3 Å². The molecule has 0 aliphatic heterocycles. The van der Waals surface area contributed by atoms with Crippen LogP contribution in [0.15, 0.2) is 38.3 Å². The fourth-order valence-electron chi connectivity index (χ4n) is 2.77. The van der Waals surface area contributed by atoms with Gasteiger partial charge in [0.2, 0.25) is 0 Å². The molecule has 0 unspecified atom stereocenters. The molecule has 0 bridgehead atoms. The summed E-state index contributed by atoms with van der Waals surface area (Å²) in [6, 6.07) is 6.39. The first-order valence-electron chi connectivity index (χ1n) is 6.58. The molecule has 3 aromatic rings. The van der Waals surface area contributed by atoms with Crippen LogP contribution in [0.25, 0.3) is 21.5 Å². The van der Waals surface area contributed by atoms with Crippen LogP contribution in [0.2, 0.25) is 0 Å². The highest BCUT2D eigenvalue weighted by Crippen LogP contribution is 2.28. The van der Waals surface area contributed by atoms with E-state index in [1.807, 2.05) is 6.07 Å². The van der Waals surface area contributed by atoms with Gasteiger partial charge in [-0.15, -0.1) is 0 Å². The maximum atomic E-state index is 14.4. The maximum Gasteiger partial charge on any atom is 0.347 e. The van der Waals surface area contributed by atoms with Crippen LogP contribution in [0.3, 0.4) is 0 Å². The minimum atomic E-state index is -0.804. The lowest BCUT2D eigenvalue weighted by Gasteiger charge is -2.05. The summed E-state index contributed by atoms with van der Waals surface area (Å²) in [7, 11) is 0. The van der Waals surface area contributed by atoms with Crippen molar-refractivity contribution in [2.75, 3.05) is 0 Å². The summed E-state index contributed by atoms with van der Waals surface area (Å²) in [5.74, 6) is -0.530. The Morgan fingerprint density at radius 3 is 1.71 bits per heavy atom. The van der Waals surface area contributed by atoms with Gasteiger partial charge in [0, 0.05) is 10.8 Å². The first-order valence-corrected chi connectivity index (χ1v) is 6.58. The third-order valence-electron chi connectivity index (χ3n) is 3.83. The van der Waals surface area contributed by atoms with Gasteiger partial charge in [0.25, 0.3) is 0 Å². The van der Waals surface area contributed by atoms with Gasteiger partial charge in [0.05, 0.1) is 10.8 Å². The molecule has 0 N–H and O–H groups in total. The molecule has 1 heterocycles. The SMILES string of the molecule is Cc1ccc(C)c2c1c(=O)oc(=O)c1c(C)ccc(F)c12. The molecule has 3 nitrogen and oxygen atoms in total. The topological polar surface area (TPSA) is 47.3 Å². The smallest absolute Gasteiger partial charge is 0.347 e. The molecule has 0 spiro atoms. The molecular weight excluding hydrogens is 271 g/mol. The third kappa shape index (κ3) is 1.87. The molecule has 21 heavy (non-hydrogen) atoms. The minimum absolute atomic E-state index is 0.121. The second kappa shape index (κ2) is 4.52. The van der Waals surface area contributed by atoms with Gasteiger partial charge in [-0.1, -0.05) is 18.2 Å². The number of aryl methyl sites for hydroxylation is 3. The van der Waals surface area contributed by atoms with Crippen molar-refractivity contribution in [2.45, 2.75) is 20.8 Å². The van der Waals surface area contributed by atoms with Crippen molar-refractivity contribution in [1.29, 1.82) is 0 Å². The van der Waals surface area contributed by atoms with Crippen molar-refractivity contribution < 1.29 is 8.81 Å². The first-order chi connectivity index (χ1) is 9.91. The van der Waals surface area contributed by atoms with E-state index in [2.05, 4.69) is 0 Å². The van der Waals surface area contributed by atoms with E-state index < -0.39 is 17.1 Å². The van der Waals surface area contributed by atoms with Crippen molar-refractivity contribution in [3.8, 4) is 0 Å². The summed E-state index contributed by atoms with van der Waals surface area (Å²) in [6.07, 6.45) is 0. The lowest BCUT2D eigenvalue weighted by molar-refractivity contribution is 0.490. The van der Waals surface area contributed by atoms with Gasteiger partial charge < -0.3 is 4.42 Å². The monoisotopic (exact) mass is 284 g/mol. The standard InChI is InChI=1S/C17H13FO3/c1-8-4-5-9(2)13-12(8)15-11(18)7-6-10(3)14(15)17(20)21-16(13)19/h4-7H,1-3H3. The molecule has 0 saturated carbocycles. The van der Waals surface area contributed by atoms with E-state index in [0.29, 0.717) is 16.5 Å². The van der Waals surface area contributed by atoms with E-state index in [1.165, 1.54) is 12.1 Å². The molecule has 0 atom stereocenters. The van der Waals surface area contributed by atoms with Crippen LogP contribution in [-0.2, 0) is 0 Å². The number of fused-ring (bicyclic) bond motifs is 3. The fourth-order valence-corrected chi connectivity index (χ4v) is 2.77. The number of halogens is 1. The van der Waals surface area contributed by atoms with E-state index in [4.69, 9.17) is 4.42 Å². The van der Waals surface area contributed by atoms with Gasteiger partial charge in [-0.3, -0.25) is 0 Å². The summed E-state index contributed by atoms with van der Waals surface area (Å²) in [5.41, 5.74) is 0.432. The van der Waals surface area contributed by atoms with Crippen LogP contribution in [0.5, 0.6) is 0 Å². The zero-order valence-electron chi connectivity index (χ0n) is 11.9. The molecule has 0 aliphatic carbocycles. The zero-order chi connectivity index (χ0) is 15.3. The Morgan fingerprint density at radius 1 is 0.714 bits per heavy atom. The quantitative estimate of drug-likeness (QED) is 0.636. The van der Waals surface area contributed by atoms with Crippen molar-refractivity contribution in [1.82, 2.24) is 0 Å². The van der Waals surface area contributed by atoms with Gasteiger partial charge in [-0.05, 0) is 43.5 Å². The van der Waals surface area contributed by atoms with Crippen molar-refractivity contribution in [3.63, 3.8) is 0 Å². The van der Waals surface area contributed by atoms with Crippen LogP contribution in [0, 0.1) is 26.6 Å². The van der Waals surface area contributed by atoms with Gasteiger partial charge in [-0.25, -0.2) is 14.0 Å². The van der Waals surface area contributed by atoms with E-state index in [1.54, 1.807) is 26.8 Å². The van der Waals surface area contributed by atoms with Crippen LogP contribution in [0.1, 0.15) is 16.7 Å². The molecule has 1 aromatic heterocycles. The highest BCUT2D eigenvalue weighted by molar-refractivity contribution is 6.08. The van der Waals surface area contributed by atoms with Crippen molar-refractivity contribution >= 4 is 21.5 Å². The summed E-state index contributed by atoms with van der Waals surface area (Å²) in [5, 5.41) is 0.978. The molecule has 3 rings (SSSR count). The summed E-state index contributed by atoms with van der Waals surface area (Å²) in [6.45, 7) is 5.22.